The van der Waals surface area contributed by atoms with Gasteiger partial charge < -0.3 is 14.2 Å². The predicted octanol–water partition coefficient (Wildman–Crippen LogP) is 2.90. The Hall–Kier alpha value is -4.24. The third-order valence-electron chi connectivity index (χ3n) is 5.43. The fourth-order valence-electron chi connectivity index (χ4n) is 3.91. The van der Waals surface area contributed by atoms with E-state index < -0.39 is 18.0 Å². The van der Waals surface area contributed by atoms with Crippen LogP contribution in [0.2, 0.25) is 0 Å². The number of hydrogen-bond acceptors (Lipinski definition) is 8. The Morgan fingerprint density at radius 3 is 2.58 bits per heavy atom. The van der Waals surface area contributed by atoms with Gasteiger partial charge in [-0.25, -0.2) is 9.79 Å². The second-order valence-corrected chi connectivity index (χ2v) is 8.89. The summed E-state index contributed by atoms with van der Waals surface area (Å²) < 4.78 is 17.8. The van der Waals surface area contributed by atoms with Gasteiger partial charge in [0.25, 0.3) is 5.56 Å². The van der Waals surface area contributed by atoms with Gasteiger partial charge in [0.15, 0.2) is 16.3 Å². The van der Waals surface area contributed by atoms with E-state index in [9.17, 15) is 14.4 Å². The number of allylic oxidation sites excluding steroid dienone is 1. The Bertz CT molecular complexity index is 1550. The first-order chi connectivity index (χ1) is 17.3. The average Bonchev–Trinajstić information content (AvgIpc) is 3.16. The maximum atomic E-state index is 13.6. The number of benzene rings is 2. The molecule has 9 heteroatoms. The monoisotopic (exact) mass is 504 g/mol. The van der Waals surface area contributed by atoms with Gasteiger partial charge in [0, 0.05) is 6.92 Å². The van der Waals surface area contributed by atoms with E-state index in [0.717, 1.165) is 5.56 Å². The summed E-state index contributed by atoms with van der Waals surface area (Å²) in [4.78, 5) is 43.0. The maximum absolute atomic E-state index is 13.6. The summed E-state index contributed by atoms with van der Waals surface area (Å²) in [5.41, 5.74) is 1.92. The summed E-state index contributed by atoms with van der Waals surface area (Å²) in [6.45, 7) is 6.68. The third kappa shape index (κ3) is 4.92. The van der Waals surface area contributed by atoms with Crippen LogP contribution in [0.1, 0.15) is 31.0 Å². The van der Waals surface area contributed by atoms with E-state index in [1.807, 2.05) is 30.3 Å². The van der Waals surface area contributed by atoms with Gasteiger partial charge >= 0.3 is 11.9 Å². The van der Waals surface area contributed by atoms with Crippen molar-refractivity contribution in [2.24, 2.45) is 4.99 Å². The summed E-state index contributed by atoms with van der Waals surface area (Å²) in [5.74, 6) is -0.374. The molecule has 1 aliphatic heterocycles. The van der Waals surface area contributed by atoms with Gasteiger partial charge in [-0.05, 0) is 36.3 Å². The van der Waals surface area contributed by atoms with Crippen molar-refractivity contribution in [1.29, 1.82) is 0 Å². The molecule has 0 amide bonds. The summed E-state index contributed by atoms with van der Waals surface area (Å²) in [5, 5.41) is 0. The molecule has 1 unspecified atom stereocenters. The van der Waals surface area contributed by atoms with Gasteiger partial charge in [-0.15, -0.1) is 0 Å². The zero-order valence-electron chi connectivity index (χ0n) is 20.0. The van der Waals surface area contributed by atoms with E-state index >= 15 is 0 Å². The standard InChI is InChI=1S/C27H24N2O6S/c1-5-13-34-26(32)23-16(2)28-27-29(24(23)19-9-7-6-8-10-19)25(31)22(36-27)15-18-11-12-20(35-17(3)30)21(14-18)33-4/h5-12,14-15,24H,1,13H2,2-4H3/b22-15-. The van der Waals surface area contributed by atoms with Gasteiger partial charge in [-0.2, -0.15) is 0 Å². The zero-order chi connectivity index (χ0) is 25.8. The fraction of sp³-hybridized carbons (Fsp3) is 0.185. The molecule has 1 aliphatic rings. The van der Waals surface area contributed by atoms with E-state index in [4.69, 9.17) is 14.2 Å². The van der Waals surface area contributed by atoms with Crippen molar-refractivity contribution >= 4 is 29.4 Å². The Labute approximate surface area is 211 Å². The molecule has 36 heavy (non-hydrogen) atoms. The second kappa shape index (κ2) is 10.6. The van der Waals surface area contributed by atoms with Crippen molar-refractivity contribution in [2.45, 2.75) is 19.9 Å². The number of rotatable bonds is 7. The number of carbonyl (C=O) groups is 2. The second-order valence-electron chi connectivity index (χ2n) is 7.88. The highest BCUT2D eigenvalue weighted by molar-refractivity contribution is 7.07. The molecular weight excluding hydrogens is 480 g/mol. The SMILES string of the molecule is C=CCOC(=O)C1=C(C)N=c2s/c(=C\c3ccc(OC(C)=O)c(OC)c3)c(=O)n2C1c1ccccc1. The minimum Gasteiger partial charge on any atom is -0.493 e. The maximum Gasteiger partial charge on any atom is 0.338 e. The van der Waals surface area contributed by atoms with Crippen LogP contribution in [0.4, 0.5) is 0 Å². The number of carbonyl (C=O) groups excluding carboxylic acids is 2. The Kier molecular flexibility index (Phi) is 7.30. The van der Waals surface area contributed by atoms with Crippen molar-refractivity contribution in [3.63, 3.8) is 0 Å². The number of nitrogens with zero attached hydrogens (tertiary/aromatic N) is 2. The van der Waals surface area contributed by atoms with Crippen molar-refractivity contribution in [3.05, 3.63) is 103 Å². The summed E-state index contributed by atoms with van der Waals surface area (Å²) in [7, 11) is 1.47. The molecule has 4 rings (SSSR count). The topological polar surface area (TPSA) is 96.2 Å². The molecule has 0 radical (unpaired) electrons. The molecule has 0 aliphatic carbocycles. The van der Waals surface area contributed by atoms with Crippen molar-refractivity contribution in [3.8, 4) is 11.5 Å². The van der Waals surface area contributed by atoms with Crippen LogP contribution in [0.25, 0.3) is 6.08 Å². The number of hydrogen-bond donors (Lipinski definition) is 0. The Balaban J connectivity index is 1.87. The predicted molar refractivity (Wildman–Crippen MR) is 136 cm³/mol. The van der Waals surface area contributed by atoms with Crippen LogP contribution < -0.4 is 24.4 Å². The Morgan fingerprint density at radius 2 is 1.92 bits per heavy atom. The molecule has 3 aromatic rings. The smallest absolute Gasteiger partial charge is 0.338 e. The number of ether oxygens (including phenoxy) is 3. The van der Waals surface area contributed by atoms with Gasteiger partial charge in [-0.3, -0.25) is 14.2 Å². The van der Waals surface area contributed by atoms with Crippen molar-refractivity contribution < 1.29 is 23.8 Å². The largest absolute Gasteiger partial charge is 0.493 e. The van der Waals surface area contributed by atoms with E-state index in [1.54, 1.807) is 31.2 Å². The number of esters is 2. The van der Waals surface area contributed by atoms with Crippen LogP contribution in [-0.2, 0) is 14.3 Å². The molecule has 0 saturated heterocycles. The van der Waals surface area contributed by atoms with Crippen LogP contribution in [0, 0.1) is 0 Å². The van der Waals surface area contributed by atoms with Crippen LogP contribution in [0.15, 0.2) is 82.2 Å². The quantitative estimate of drug-likeness (QED) is 0.279. The van der Waals surface area contributed by atoms with Gasteiger partial charge in [-0.1, -0.05) is 60.4 Å². The van der Waals surface area contributed by atoms with Gasteiger partial charge in [0.05, 0.1) is 29.0 Å². The first-order valence-electron chi connectivity index (χ1n) is 11.1. The first-order valence-corrected chi connectivity index (χ1v) is 11.9. The first kappa shape index (κ1) is 24.9. The highest BCUT2D eigenvalue weighted by Gasteiger charge is 2.33. The van der Waals surface area contributed by atoms with E-state index in [-0.39, 0.29) is 17.9 Å². The number of aromatic nitrogens is 1. The molecule has 2 aromatic carbocycles. The normalized spacial score (nSPS) is 15.1. The highest BCUT2D eigenvalue weighted by atomic mass is 32.1. The molecule has 1 aromatic heterocycles. The lowest BCUT2D eigenvalue weighted by molar-refractivity contribution is -0.138. The van der Waals surface area contributed by atoms with Crippen molar-refractivity contribution in [1.82, 2.24) is 4.57 Å². The number of thiazole rings is 1. The highest BCUT2D eigenvalue weighted by Crippen LogP contribution is 2.31. The molecule has 0 fully saturated rings. The lowest BCUT2D eigenvalue weighted by atomic mass is 9.96. The van der Waals surface area contributed by atoms with Crippen molar-refractivity contribution in [2.75, 3.05) is 13.7 Å². The summed E-state index contributed by atoms with van der Waals surface area (Å²) in [6, 6.07) is 13.6. The molecule has 1 atom stereocenters. The van der Waals surface area contributed by atoms with Crippen LogP contribution in [0.3, 0.4) is 0 Å². The average molecular weight is 505 g/mol. The molecule has 0 spiro atoms. The van der Waals surface area contributed by atoms with E-state index in [1.165, 1.54) is 36.0 Å². The minimum atomic E-state index is -0.692. The lowest BCUT2D eigenvalue weighted by Gasteiger charge is -2.24. The Morgan fingerprint density at radius 1 is 1.17 bits per heavy atom. The molecule has 8 nitrogen and oxygen atoms in total. The summed E-state index contributed by atoms with van der Waals surface area (Å²) >= 11 is 1.22. The fourth-order valence-corrected chi connectivity index (χ4v) is 4.96. The molecule has 2 heterocycles. The third-order valence-corrected chi connectivity index (χ3v) is 6.41. The molecule has 184 valence electrons. The zero-order valence-corrected chi connectivity index (χ0v) is 20.8. The minimum absolute atomic E-state index is 0.0483. The van der Waals surface area contributed by atoms with Gasteiger partial charge in [0.1, 0.15) is 6.61 Å². The van der Waals surface area contributed by atoms with Gasteiger partial charge in [0.2, 0.25) is 0 Å². The van der Waals surface area contributed by atoms with Crippen LogP contribution >= 0.6 is 11.3 Å². The lowest BCUT2D eigenvalue weighted by Crippen LogP contribution is -2.39. The van der Waals surface area contributed by atoms with E-state index in [0.29, 0.717) is 31.9 Å². The molecule has 0 bridgehead atoms. The molecule has 0 saturated carbocycles. The van der Waals surface area contributed by atoms with E-state index in [2.05, 4.69) is 11.6 Å². The number of methoxy groups -OCH3 is 1. The van der Waals surface area contributed by atoms with Crippen LogP contribution in [-0.4, -0.2) is 30.2 Å². The summed E-state index contributed by atoms with van der Waals surface area (Å²) in [6.07, 6.45) is 3.20. The molecular formula is C27H24N2O6S. The van der Waals surface area contributed by atoms with Crippen LogP contribution in [0.5, 0.6) is 11.5 Å². The number of fused-ring (bicyclic) bond motifs is 1. The molecule has 0 N–H and O–H groups in total.